The topological polar surface area (TPSA) is 133 Å². The molecule has 0 saturated carbocycles. The number of amides is 3. The standard InChI is InChI=1S/C16H16N6O2S/c1-8-12(13(22-16(24)20-8)15-19-4-5-25-15)14(23)21-10-2-3-11(18)9(6-10)7-17/h2-7,13,17H,18H2,1H3,(H,21,23)(H2,20,22,24). The Balaban J connectivity index is 1.92. The highest BCUT2D eigenvalue weighted by molar-refractivity contribution is 7.09. The number of benzene rings is 1. The number of rotatable bonds is 4. The fourth-order valence-corrected chi connectivity index (χ4v) is 3.23. The number of hydrogen-bond acceptors (Lipinski definition) is 6. The lowest BCUT2D eigenvalue weighted by Crippen LogP contribution is -2.45. The van der Waals surface area contributed by atoms with Crippen LogP contribution >= 0.6 is 11.3 Å². The van der Waals surface area contributed by atoms with Crippen molar-refractivity contribution in [3.8, 4) is 0 Å². The monoisotopic (exact) mass is 356 g/mol. The summed E-state index contributed by atoms with van der Waals surface area (Å²) in [5.41, 5.74) is 8.07. The fourth-order valence-electron chi connectivity index (χ4n) is 2.53. The van der Waals surface area contributed by atoms with Gasteiger partial charge in [0.25, 0.3) is 5.91 Å². The number of thiazole rings is 1. The van der Waals surface area contributed by atoms with Crippen LogP contribution in [-0.2, 0) is 4.79 Å². The first-order chi connectivity index (χ1) is 12.0. The van der Waals surface area contributed by atoms with Crippen molar-refractivity contribution in [2.45, 2.75) is 13.0 Å². The lowest BCUT2D eigenvalue weighted by Gasteiger charge is -2.27. The molecule has 8 nitrogen and oxygen atoms in total. The summed E-state index contributed by atoms with van der Waals surface area (Å²) >= 11 is 1.35. The Bertz CT molecular complexity index is 875. The first-order valence-electron chi connectivity index (χ1n) is 7.38. The van der Waals surface area contributed by atoms with Crippen molar-refractivity contribution in [1.29, 1.82) is 5.41 Å². The lowest BCUT2D eigenvalue weighted by molar-refractivity contribution is -0.113. The van der Waals surface area contributed by atoms with E-state index in [4.69, 9.17) is 11.1 Å². The highest BCUT2D eigenvalue weighted by Gasteiger charge is 2.32. The van der Waals surface area contributed by atoms with E-state index in [0.29, 0.717) is 33.2 Å². The van der Waals surface area contributed by atoms with Crippen LogP contribution < -0.4 is 21.7 Å². The Hall–Kier alpha value is -3.20. The number of aromatic nitrogens is 1. The van der Waals surface area contributed by atoms with Crippen LogP contribution in [0.25, 0.3) is 0 Å². The molecular formula is C16H16N6O2S. The van der Waals surface area contributed by atoms with E-state index in [9.17, 15) is 9.59 Å². The normalized spacial score (nSPS) is 16.8. The summed E-state index contributed by atoms with van der Waals surface area (Å²) in [6, 6.07) is 3.89. The number of hydrogen-bond donors (Lipinski definition) is 5. The van der Waals surface area contributed by atoms with Gasteiger partial charge in [-0.05, 0) is 25.1 Å². The molecule has 3 rings (SSSR count). The largest absolute Gasteiger partial charge is 0.398 e. The zero-order chi connectivity index (χ0) is 18.0. The summed E-state index contributed by atoms with van der Waals surface area (Å²) in [7, 11) is 0. The van der Waals surface area contributed by atoms with E-state index in [0.717, 1.165) is 6.21 Å². The zero-order valence-electron chi connectivity index (χ0n) is 13.3. The molecule has 1 atom stereocenters. The average molecular weight is 356 g/mol. The minimum atomic E-state index is -0.621. The van der Waals surface area contributed by atoms with Gasteiger partial charge in [-0.25, -0.2) is 9.78 Å². The van der Waals surface area contributed by atoms with Crippen molar-refractivity contribution < 1.29 is 9.59 Å². The molecular weight excluding hydrogens is 340 g/mol. The lowest BCUT2D eigenvalue weighted by atomic mass is 10.0. The zero-order valence-corrected chi connectivity index (χ0v) is 14.1. The van der Waals surface area contributed by atoms with Gasteiger partial charge in [-0.1, -0.05) is 0 Å². The Morgan fingerprint density at radius 2 is 2.28 bits per heavy atom. The fraction of sp³-hybridized carbons (Fsp3) is 0.125. The molecule has 2 aromatic rings. The van der Waals surface area contributed by atoms with Crippen molar-refractivity contribution >= 4 is 40.9 Å². The Labute approximate surface area is 147 Å². The number of anilines is 2. The molecule has 0 aliphatic carbocycles. The van der Waals surface area contributed by atoms with E-state index < -0.39 is 6.04 Å². The van der Waals surface area contributed by atoms with Gasteiger partial charge in [0.05, 0.1) is 5.57 Å². The van der Waals surface area contributed by atoms with E-state index in [-0.39, 0.29) is 11.9 Å². The highest BCUT2D eigenvalue weighted by atomic mass is 32.1. The molecule has 0 bridgehead atoms. The second kappa shape index (κ2) is 6.73. The maximum absolute atomic E-state index is 12.8. The van der Waals surface area contributed by atoms with Crippen LogP contribution in [-0.4, -0.2) is 23.1 Å². The third-order valence-corrected chi connectivity index (χ3v) is 4.55. The van der Waals surface area contributed by atoms with Gasteiger partial charge in [-0.15, -0.1) is 11.3 Å². The molecule has 0 saturated heterocycles. The summed E-state index contributed by atoms with van der Waals surface area (Å²) in [5, 5.41) is 17.9. The third-order valence-electron chi connectivity index (χ3n) is 3.71. The van der Waals surface area contributed by atoms with Crippen LogP contribution in [0, 0.1) is 5.41 Å². The van der Waals surface area contributed by atoms with Gasteiger partial charge in [-0.2, -0.15) is 0 Å². The highest BCUT2D eigenvalue weighted by Crippen LogP contribution is 2.29. The minimum absolute atomic E-state index is 0.370. The van der Waals surface area contributed by atoms with Gasteiger partial charge >= 0.3 is 6.03 Å². The predicted octanol–water partition coefficient (Wildman–Crippen LogP) is 1.99. The van der Waals surface area contributed by atoms with Crippen LogP contribution in [0.4, 0.5) is 16.2 Å². The molecule has 3 amide bonds. The van der Waals surface area contributed by atoms with Gasteiger partial charge in [-0.3, -0.25) is 4.79 Å². The molecule has 1 aliphatic rings. The Morgan fingerprint density at radius 1 is 1.48 bits per heavy atom. The second-order valence-electron chi connectivity index (χ2n) is 5.38. The third kappa shape index (κ3) is 3.36. The molecule has 1 aromatic carbocycles. The minimum Gasteiger partial charge on any atom is -0.398 e. The summed E-state index contributed by atoms with van der Waals surface area (Å²) < 4.78 is 0. The number of nitrogen functional groups attached to an aromatic ring is 1. The molecule has 9 heteroatoms. The quantitative estimate of drug-likeness (QED) is 0.423. The molecule has 1 unspecified atom stereocenters. The van der Waals surface area contributed by atoms with E-state index >= 15 is 0 Å². The molecule has 2 heterocycles. The van der Waals surface area contributed by atoms with E-state index in [2.05, 4.69) is 20.9 Å². The van der Waals surface area contributed by atoms with Crippen molar-refractivity contribution in [3.63, 3.8) is 0 Å². The molecule has 0 fully saturated rings. The van der Waals surface area contributed by atoms with E-state index in [1.165, 1.54) is 11.3 Å². The number of nitrogens with one attached hydrogen (secondary N) is 4. The van der Waals surface area contributed by atoms with Gasteiger partial charge in [0, 0.05) is 40.4 Å². The number of nitrogens with two attached hydrogens (primary N) is 1. The SMILES string of the molecule is CC1=C(C(=O)Nc2ccc(N)c(C=N)c2)C(c2nccs2)NC(=O)N1. The first-order valence-corrected chi connectivity index (χ1v) is 8.26. The van der Waals surface area contributed by atoms with Gasteiger partial charge in [0.1, 0.15) is 11.0 Å². The summed E-state index contributed by atoms with van der Waals surface area (Å²) in [5.74, 6) is -0.370. The van der Waals surface area contributed by atoms with Gasteiger partial charge in [0.2, 0.25) is 0 Å². The number of carbonyl (C=O) groups is 2. The average Bonchev–Trinajstić information content (AvgIpc) is 3.10. The number of urea groups is 1. The van der Waals surface area contributed by atoms with E-state index in [1.54, 1.807) is 36.7 Å². The molecule has 0 radical (unpaired) electrons. The maximum Gasteiger partial charge on any atom is 0.319 e. The van der Waals surface area contributed by atoms with Crippen molar-refractivity contribution in [2.75, 3.05) is 11.1 Å². The van der Waals surface area contributed by atoms with Crippen molar-refractivity contribution in [1.82, 2.24) is 15.6 Å². The second-order valence-corrected chi connectivity index (χ2v) is 6.31. The van der Waals surface area contributed by atoms with Gasteiger partial charge in [0.15, 0.2) is 0 Å². The van der Waals surface area contributed by atoms with Crippen LogP contribution in [0.1, 0.15) is 23.5 Å². The van der Waals surface area contributed by atoms with Crippen LogP contribution in [0.5, 0.6) is 0 Å². The smallest absolute Gasteiger partial charge is 0.319 e. The molecule has 1 aliphatic heterocycles. The summed E-state index contributed by atoms with van der Waals surface area (Å²) in [6.07, 6.45) is 2.74. The van der Waals surface area contributed by atoms with Gasteiger partial charge < -0.3 is 27.1 Å². The molecule has 0 spiro atoms. The van der Waals surface area contributed by atoms with E-state index in [1.807, 2.05) is 0 Å². The Morgan fingerprint density at radius 3 is 2.96 bits per heavy atom. The first kappa shape index (κ1) is 16.7. The number of nitrogens with zero attached hydrogens (tertiary/aromatic N) is 1. The number of allylic oxidation sites excluding steroid dienone is 1. The predicted molar refractivity (Wildman–Crippen MR) is 96.6 cm³/mol. The van der Waals surface area contributed by atoms with Crippen molar-refractivity contribution in [2.24, 2.45) is 0 Å². The molecule has 1 aromatic heterocycles. The van der Waals surface area contributed by atoms with Crippen LogP contribution in [0.2, 0.25) is 0 Å². The van der Waals surface area contributed by atoms with Crippen LogP contribution in [0.15, 0.2) is 41.0 Å². The Kier molecular flexibility index (Phi) is 4.48. The molecule has 25 heavy (non-hydrogen) atoms. The van der Waals surface area contributed by atoms with Crippen molar-refractivity contribution in [3.05, 3.63) is 51.6 Å². The number of carbonyl (C=O) groups excluding carboxylic acids is 2. The summed E-state index contributed by atoms with van der Waals surface area (Å²) in [4.78, 5) is 28.8. The maximum atomic E-state index is 12.8. The molecule has 128 valence electrons. The molecule has 6 N–H and O–H groups in total. The van der Waals surface area contributed by atoms with Crippen LogP contribution in [0.3, 0.4) is 0 Å². The summed E-state index contributed by atoms with van der Waals surface area (Å²) in [6.45, 7) is 1.67.